The summed E-state index contributed by atoms with van der Waals surface area (Å²) in [6, 6.07) is 0. The van der Waals surface area contributed by atoms with Crippen LogP contribution in [0.5, 0.6) is 0 Å². The summed E-state index contributed by atoms with van der Waals surface area (Å²) >= 11 is 3.63. The summed E-state index contributed by atoms with van der Waals surface area (Å²) in [7, 11) is 0. The van der Waals surface area contributed by atoms with Gasteiger partial charge in [-0.05, 0) is 43.9 Å². The molecule has 3 heteroatoms. The van der Waals surface area contributed by atoms with E-state index in [-0.39, 0.29) is 11.8 Å². The molecule has 1 rings (SSSR count). The summed E-state index contributed by atoms with van der Waals surface area (Å²) in [5, 5.41) is 3.09. The van der Waals surface area contributed by atoms with Crippen molar-refractivity contribution in [3.8, 4) is 0 Å². The second kappa shape index (κ2) is 7.40. The highest BCUT2D eigenvalue weighted by molar-refractivity contribution is 9.09. The van der Waals surface area contributed by atoms with Crippen LogP contribution in [-0.2, 0) is 4.79 Å². The van der Waals surface area contributed by atoms with Crippen molar-refractivity contribution in [2.24, 2.45) is 17.8 Å². The van der Waals surface area contributed by atoms with Crippen molar-refractivity contribution in [3.05, 3.63) is 0 Å². The molecule has 0 spiro atoms. The average molecular weight is 304 g/mol. The molecule has 1 atom stereocenters. The zero-order valence-electron chi connectivity index (χ0n) is 11.3. The van der Waals surface area contributed by atoms with E-state index in [4.69, 9.17) is 0 Å². The molecule has 17 heavy (non-hydrogen) atoms. The van der Waals surface area contributed by atoms with Crippen molar-refractivity contribution >= 4 is 21.8 Å². The molecule has 1 saturated carbocycles. The number of rotatable bonds is 5. The first-order chi connectivity index (χ1) is 7.99. The summed E-state index contributed by atoms with van der Waals surface area (Å²) in [6.45, 7) is 7.46. The molecule has 0 heterocycles. The number of hydrogen-bond acceptors (Lipinski definition) is 1. The molecule has 0 bridgehead atoms. The van der Waals surface area contributed by atoms with Crippen LogP contribution in [0.25, 0.3) is 0 Å². The zero-order valence-corrected chi connectivity index (χ0v) is 12.9. The van der Waals surface area contributed by atoms with Crippen LogP contribution in [0, 0.1) is 17.8 Å². The Morgan fingerprint density at radius 2 is 1.88 bits per heavy atom. The van der Waals surface area contributed by atoms with Gasteiger partial charge >= 0.3 is 0 Å². The number of carbonyl (C=O) groups excluding carboxylic acids is 1. The van der Waals surface area contributed by atoms with Crippen molar-refractivity contribution in [3.63, 3.8) is 0 Å². The monoisotopic (exact) mass is 303 g/mol. The quantitative estimate of drug-likeness (QED) is 0.770. The van der Waals surface area contributed by atoms with Gasteiger partial charge in [-0.3, -0.25) is 4.79 Å². The zero-order chi connectivity index (χ0) is 12.8. The molecule has 1 aliphatic carbocycles. The Labute approximate surface area is 114 Å². The fraction of sp³-hybridized carbons (Fsp3) is 0.929. The summed E-state index contributed by atoms with van der Waals surface area (Å²) in [5.74, 6) is 2.02. The summed E-state index contributed by atoms with van der Waals surface area (Å²) in [5.41, 5.74) is 0. The third-order valence-corrected chi connectivity index (χ3v) is 4.31. The van der Waals surface area contributed by atoms with Crippen LogP contribution < -0.4 is 5.32 Å². The van der Waals surface area contributed by atoms with Crippen LogP contribution in [0.1, 0.15) is 52.9 Å². The van der Waals surface area contributed by atoms with E-state index in [1.807, 2.05) is 0 Å². The number of hydrogen-bond donors (Lipinski definition) is 1. The minimum Gasteiger partial charge on any atom is -0.355 e. The lowest BCUT2D eigenvalue weighted by Crippen LogP contribution is -2.36. The van der Waals surface area contributed by atoms with E-state index in [0.717, 1.165) is 31.7 Å². The van der Waals surface area contributed by atoms with Gasteiger partial charge < -0.3 is 5.32 Å². The summed E-state index contributed by atoms with van der Waals surface area (Å²) < 4.78 is 0. The average Bonchev–Trinajstić information content (AvgIpc) is 2.26. The van der Waals surface area contributed by atoms with Gasteiger partial charge in [-0.15, -0.1) is 0 Å². The molecule has 100 valence electrons. The van der Waals surface area contributed by atoms with Crippen LogP contribution in [0.2, 0.25) is 0 Å². The van der Waals surface area contributed by atoms with Gasteiger partial charge in [0.1, 0.15) is 0 Å². The fourth-order valence-electron chi connectivity index (χ4n) is 2.47. The van der Waals surface area contributed by atoms with Crippen molar-refractivity contribution in [1.82, 2.24) is 5.32 Å². The van der Waals surface area contributed by atoms with Crippen LogP contribution in [0.4, 0.5) is 0 Å². The Bertz CT molecular complexity index is 234. The van der Waals surface area contributed by atoms with E-state index in [1.165, 1.54) is 12.8 Å². The minimum absolute atomic E-state index is 0.268. The first-order valence-electron chi connectivity index (χ1n) is 6.90. The fourth-order valence-corrected chi connectivity index (χ4v) is 3.38. The van der Waals surface area contributed by atoms with Crippen LogP contribution in [0.3, 0.4) is 0 Å². The maximum Gasteiger partial charge on any atom is 0.223 e. The highest BCUT2D eigenvalue weighted by atomic mass is 79.9. The first kappa shape index (κ1) is 15.0. The van der Waals surface area contributed by atoms with Crippen molar-refractivity contribution in [2.45, 2.75) is 57.7 Å². The molecule has 0 radical (unpaired) electrons. The SMILES string of the molecule is CC(C)CC(Br)CNC(=O)C1CCC(C)CC1. The third-order valence-electron chi connectivity index (χ3n) is 3.61. The van der Waals surface area contributed by atoms with Gasteiger partial charge in [0.15, 0.2) is 0 Å². The van der Waals surface area contributed by atoms with Gasteiger partial charge in [-0.1, -0.05) is 36.7 Å². The van der Waals surface area contributed by atoms with Gasteiger partial charge in [-0.25, -0.2) is 0 Å². The predicted octanol–water partition coefficient (Wildman–Crippen LogP) is 3.74. The summed E-state index contributed by atoms with van der Waals surface area (Å²) in [4.78, 5) is 12.4. The maximum absolute atomic E-state index is 12.0. The largest absolute Gasteiger partial charge is 0.355 e. The molecule has 0 aliphatic heterocycles. The molecule has 1 aliphatic rings. The molecule has 0 aromatic carbocycles. The predicted molar refractivity (Wildman–Crippen MR) is 76.3 cm³/mol. The van der Waals surface area contributed by atoms with E-state index >= 15 is 0 Å². The molecule has 0 aromatic rings. The number of nitrogens with one attached hydrogen (secondary N) is 1. The maximum atomic E-state index is 12.0. The van der Waals surface area contributed by atoms with E-state index in [2.05, 4.69) is 42.0 Å². The minimum atomic E-state index is 0.268. The van der Waals surface area contributed by atoms with Gasteiger partial charge in [0, 0.05) is 17.3 Å². The Hall–Kier alpha value is -0.0500. The molecular formula is C14H26BrNO. The molecule has 0 saturated heterocycles. The highest BCUT2D eigenvalue weighted by Crippen LogP contribution is 2.28. The number of carbonyl (C=O) groups is 1. The smallest absolute Gasteiger partial charge is 0.223 e. The second-order valence-electron chi connectivity index (χ2n) is 5.93. The van der Waals surface area contributed by atoms with Gasteiger partial charge in [0.25, 0.3) is 0 Å². The van der Waals surface area contributed by atoms with E-state index < -0.39 is 0 Å². The first-order valence-corrected chi connectivity index (χ1v) is 7.82. The molecule has 1 fully saturated rings. The Morgan fingerprint density at radius 3 is 2.41 bits per heavy atom. The van der Waals surface area contributed by atoms with Gasteiger partial charge in [0.2, 0.25) is 5.91 Å². The Morgan fingerprint density at radius 1 is 1.29 bits per heavy atom. The molecular weight excluding hydrogens is 278 g/mol. The summed E-state index contributed by atoms with van der Waals surface area (Å²) in [6.07, 6.45) is 5.68. The highest BCUT2D eigenvalue weighted by Gasteiger charge is 2.24. The van der Waals surface area contributed by atoms with Crippen molar-refractivity contribution in [1.29, 1.82) is 0 Å². The molecule has 1 N–H and O–H groups in total. The molecule has 1 unspecified atom stereocenters. The Kier molecular flexibility index (Phi) is 6.53. The van der Waals surface area contributed by atoms with Crippen LogP contribution in [0.15, 0.2) is 0 Å². The lowest BCUT2D eigenvalue weighted by atomic mass is 9.82. The van der Waals surface area contributed by atoms with E-state index in [1.54, 1.807) is 0 Å². The van der Waals surface area contributed by atoms with Crippen molar-refractivity contribution in [2.75, 3.05) is 6.54 Å². The number of alkyl halides is 1. The van der Waals surface area contributed by atoms with Crippen LogP contribution in [-0.4, -0.2) is 17.3 Å². The lowest BCUT2D eigenvalue weighted by molar-refractivity contribution is -0.126. The third kappa shape index (κ3) is 5.89. The molecule has 2 nitrogen and oxygen atoms in total. The number of amides is 1. The standard InChI is InChI=1S/C14H26BrNO/c1-10(2)8-13(15)9-16-14(17)12-6-4-11(3)5-7-12/h10-13H,4-9H2,1-3H3,(H,16,17). The topological polar surface area (TPSA) is 29.1 Å². The molecule has 1 amide bonds. The normalized spacial score (nSPS) is 26.9. The molecule has 0 aromatic heterocycles. The lowest BCUT2D eigenvalue weighted by Gasteiger charge is -2.25. The van der Waals surface area contributed by atoms with E-state index in [9.17, 15) is 4.79 Å². The second-order valence-corrected chi connectivity index (χ2v) is 7.22. The van der Waals surface area contributed by atoms with Gasteiger partial charge in [0.05, 0.1) is 0 Å². The van der Waals surface area contributed by atoms with E-state index in [0.29, 0.717) is 10.7 Å². The Balaban J connectivity index is 2.20. The number of halogens is 1. The van der Waals surface area contributed by atoms with Crippen molar-refractivity contribution < 1.29 is 4.79 Å². The van der Waals surface area contributed by atoms with Crippen LogP contribution >= 0.6 is 15.9 Å². The van der Waals surface area contributed by atoms with Gasteiger partial charge in [-0.2, -0.15) is 0 Å².